The van der Waals surface area contributed by atoms with Gasteiger partial charge in [-0.15, -0.1) is 32.6 Å². The zero-order chi connectivity index (χ0) is 44.0. The molecule has 2 N–H and O–H groups in total. The van der Waals surface area contributed by atoms with E-state index in [0.29, 0.717) is 32.3 Å². The maximum atomic E-state index is 13.1. The van der Waals surface area contributed by atoms with E-state index in [-0.39, 0.29) is 0 Å². The first-order chi connectivity index (χ1) is 25.2. The Hall–Kier alpha value is -3.44. The molecule has 0 amide bonds. The van der Waals surface area contributed by atoms with Gasteiger partial charge in [-0.1, -0.05) is 116 Å². The third-order valence-electron chi connectivity index (χ3n) is 7.44. The van der Waals surface area contributed by atoms with Crippen LogP contribution in [0.3, 0.4) is 0 Å². The van der Waals surface area contributed by atoms with E-state index in [0.717, 1.165) is 18.8 Å². The van der Waals surface area contributed by atoms with E-state index in [1.54, 1.807) is 18.2 Å². The number of carboxylic acids is 1. The number of carboxylic acid groups (broad SMARTS) is 1. The number of esters is 1. The molecule has 0 aromatic carbocycles. The Morgan fingerprint density at radius 3 is 1.69 bits per heavy atom. The fourth-order valence-corrected chi connectivity index (χ4v) is 4.87. The van der Waals surface area contributed by atoms with Crippen molar-refractivity contribution in [3.8, 4) is 12.8 Å². The second kappa shape index (κ2) is 39.3. The van der Waals surface area contributed by atoms with Gasteiger partial charge < -0.3 is 24.4 Å². The number of hydrogen-bond donors (Lipinski definition) is 2. The molecule has 54 heavy (non-hydrogen) atoms. The summed E-state index contributed by atoms with van der Waals surface area (Å²) in [5, 5.41) is 18.5. The van der Waals surface area contributed by atoms with Gasteiger partial charge in [0.1, 0.15) is 6.10 Å². The van der Waals surface area contributed by atoms with Gasteiger partial charge >= 0.3 is 11.9 Å². The average Bonchev–Trinajstić information content (AvgIpc) is 3.12. The minimum absolute atomic E-state index is 0.329. The molecule has 1 aliphatic rings. The molecule has 7 nitrogen and oxygen atoms in total. The van der Waals surface area contributed by atoms with Crippen molar-refractivity contribution >= 4 is 11.9 Å². The molecule has 0 radical (unpaired) electrons. The van der Waals surface area contributed by atoms with Crippen LogP contribution in [0.5, 0.6) is 0 Å². The van der Waals surface area contributed by atoms with Gasteiger partial charge in [0.2, 0.25) is 0 Å². The Morgan fingerprint density at radius 1 is 0.907 bits per heavy atom. The Labute approximate surface area is 334 Å². The van der Waals surface area contributed by atoms with E-state index in [9.17, 15) is 14.7 Å². The first-order valence-electron chi connectivity index (χ1n) is 19.3. The Bertz CT molecular complexity index is 1040. The maximum Gasteiger partial charge on any atom is 0.310 e. The van der Waals surface area contributed by atoms with Crippen molar-refractivity contribution in [3.05, 3.63) is 87.6 Å². The summed E-state index contributed by atoms with van der Waals surface area (Å²) in [6.45, 7) is 44.6. The predicted octanol–water partition coefficient (Wildman–Crippen LogP) is 12.3. The van der Waals surface area contributed by atoms with Crippen LogP contribution in [0.2, 0.25) is 0 Å². The smallest absolute Gasteiger partial charge is 0.310 e. The molecule has 0 aliphatic heterocycles. The second-order valence-corrected chi connectivity index (χ2v) is 13.8. The summed E-state index contributed by atoms with van der Waals surface area (Å²) in [6, 6.07) is 0. The highest BCUT2D eigenvalue weighted by Crippen LogP contribution is 2.31. The SMILES string of the molecule is C#C.C/C=C/C(C)C.C=C.C=CC=C.C=CCOC(C)(CC)CC(OC(=O)C1CC=CCC1C(=O)O)C(C)OC(C)(C)/C=C\C.CC.CCCC(C)(C)O. The van der Waals surface area contributed by atoms with Crippen molar-refractivity contribution in [1.82, 2.24) is 0 Å². The summed E-state index contributed by atoms with van der Waals surface area (Å²) in [4.78, 5) is 24.7. The maximum absolute atomic E-state index is 13.1. The van der Waals surface area contributed by atoms with Crippen molar-refractivity contribution in [2.24, 2.45) is 17.8 Å². The van der Waals surface area contributed by atoms with Crippen molar-refractivity contribution in [1.29, 1.82) is 0 Å². The monoisotopic (exact) mass is 761 g/mol. The lowest BCUT2D eigenvalue weighted by atomic mass is 9.83. The molecule has 314 valence electrons. The number of aliphatic carboxylic acids is 1. The van der Waals surface area contributed by atoms with Crippen molar-refractivity contribution < 1.29 is 34.0 Å². The molecule has 0 heterocycles. The van der Waals surface area contributed by atoms with E-state index in [1.165, 1.54) is 0 Å². The van der Waals surface area contributed by atoms with Crippen LogP contribution >= 0.6 is 0 Å². The van der Waals surface area contributed by atoms with Gasteiger partial charge in [0.05, 0.1) is 41.3 Å². The van der Waals surface area contributed by atoms with Crippen LogP contribution < -0.4 is 0 Å². The number of allylic oxidation sites excluding steroid dienone is 7. The normalized spacial score (nSPS) is 16.7. The first kappa shape index (κ1) is 62.5. The number of carbonyl (C=O) groups is 2. The molecule has 0 bridgehead atoms. The molecule has 1 rings (SSSR count). The van der Waals surface area contributed by atoms with Crippen LogP contribution in [0.4, 0.5) is 0 Å². The van der Waals surface area contributed by atoms with Gasteiger partial charge in [-0.3, -0.25) is 9.59 Å². The molecule has 0 aromatic heterocycles. The zero-order valence-corrected chi connectivity index (χ0v) is 37.2. The van der Waals surface area contributed by atoms with E-state index in [1.807, 2.05) is 100 Å². The lowest BCUT2D eigenvalue weighted by Crippen LogP contribution is -2.45. The van der Waals surface area contributed by atoms with Crippen molar-refractivity contribution in [3.63, 3.8) is 0 Å². The van der Waals surface area contributed by atoms with Gasteiger partial charge in [0.15, 0.2) is 0 Å². The number of aliphatic hydroxyl groups is 1. The van der Waals surface area contributed by atoms with Crippen LogP contribution in [0.15, 0.2) is 87.6 Å². The Balaban J connectivity index is -0.000000204. The summed E-state index contributed by atoms with van der Waals surface area (Å²) in [6.07, 6.45) is 27.5. The largest absolute Gasteiger partial charge is 0.481 e. The Kier molecular flexibility index (Phi) is 45.5. The minimum atomic E-state index is -0.978. The molecule has 0 aromatic rings. The number of ether oxygens (including phenoxy) is 3. The highest BCUT2D eigenvalue weighted by atomic mass is 16.6. The minimum Gasteiger partial charge on any atom is -0.481 e. The third kappa shape index (κ3) is 38.3. The summed E-state index contributed by atoms with van der Waals surface area (Å²) in [7, 11) is 0. The lowest BCUT2D eigenvalue weighted by molar-refractivity contribution is -0.179. The van der Waals surface area contributed by atoms with Crippen LogP contribution in [-0.2, 0) is 23.8 Å². The summed E-state index contributed by atoms with van der Waals surface area (Å²) in [5.41, 5.74) is -1.53. The molecule has 0 saturated heterocycles. The van der Waals surface area contributed by atoms with Gasteiger partial charge in [-0.2, -0.15) is 0 Å². The fraction of sp³-hybridized carbons (Fsp3) is 0.617. The zero-order valence-electron chi connectivity index (χ0n) is 37.2. The molecule has 7 heteroatoms. The summed E-state index contributed by atoms with van der Waals surface area (Å²) >= 11 is 0. The first-order valence-corrected chi connectivity index (χ1v) is 19.3. The molecular weight excluding hydrogens is 677 g/mol. The molecule has 0 saturated carbocycles. The second-order valence-electron chi connectivity index (χ2n) is 13.8. The van der Waals surface area contributed by atoms with Crippen LogP contribution in [0.1, 0.15) is 135 Å². The summed E-state index contributed by atoms with van der Waals surface area (Å²) < 4.78 is 18.2. The van der Waals surface area contributed by atoms with Crippen LogP contribution in [0.25, 0.3) is 0 Å². The Morgan fingerprint density at radius 2 is 1.39 bits per heavy atom. The molecule has 1 aliphatic carbocycles. The highest BCUT2D eigenvalue weighted by molar-refractivity contribution is 5.82. The van der Waals surface area contributed by atoms with E-state index >= 15 is 0 Å². The van der Waals surface area contributed by atoms with E-state index < -0.39 is 52.8 Å². The molecular formula is C47H84O7. The molecule has 0 spiro atoms. The van der Waals surface area contributed by atoms with Gasteiger partial charge in [-0.05, 0) is 87.0 Å². The number of hydrogen-bond acceptors (Lipinski definition) is 6. The van der Waals surface area contributed by atoms with Crippen LogP contribution in [-0.4, -0.2) is 57.8 Å². The summed E-state index contributed by atoms with van der Waals surface area (Å²) in [5.74, 6) is -2.24. The molecule has 5 atom stereocenters. The van der Waals surface area contributed by atoms with Crippen molar-refractivity contribution in [2.75, 3.05) is 6.61 Å². The predicted molar refractivity (Wildman–Crippen MR) is 236 cm³/mol. The van der Waals surface area contributed by atoms with E-state index in [4.69, 9.17) is 19.3 Å². The fourth-order valence-electron chi connectivity index (χ4n) is 4.87. The number of terminal acetylenes is 1. The van der Waals surface area contributed by atoms with Crippen LogP contribution in [0, 0.1) is 30.6 Å². The standard InChI is InChI=1S/C25H40O6.C6H14O.C6H12.C4H6.C2H6.C2H4.C2H2/c1-8-15-24(5,6)31-18(4)21(17-25(7,10-3)29-16-9-2)30-23(28)20-14-12-11-13-19(20)22(26)27;1-4-5-6(2,3)7;1-4-5-6(2)3;1-3-4-2;3*1-2/h8-9,11-12,15,18-21H,2,10,13-14,16-17H2,1,3-7H3,(H,26,27);7H,4-5H2,1-3H3;4-6H,1-3H3;3-4H,1-2H2;1-2H3;1-2H2;1-2H/b15-8-;;5-4+;;;;. The quantitative estimate of drug-likeness (QED) is 0.0658. The topological polar surface area (TPSA) is 102 Å². The highest BCUT2D eigenvalue weighted by Gasteiger charge is 2.40. The number of rotatable bonds is 17. The number of carbonyl (C=O) groups excluding carboxylic acids is 1. The van der Waals surface area contributed by atoms with E-state index in [2.05, 4.69) is 78.7 Å². The van der Waals surface area contributed by atoms with Gasteiger partial charge in [0.25, 0.3) is 0 Å². The third-order valence-corrected chi connectivity index (χ3v) is 7.44. The van der Waals surface area contributed by atoms with Gasteiger partial charge in [0, 0.05) is 6.42 Å². The van der Waals surface area contributed by atoms with Crippen molar-refractivity contribution in [2.45, 2.75) is 164 Å². The molecule has 0 fully saturated rings. The van der Waals surface area contributed by atoms with Gasteiger partial charge in [-0.25, -0.2) is 0 Å². The molecule has 5 unspecified atom stereocenters. The lowest BCUT2D eigenvalue weighted by Gasteiger charge is -2.37. The average molecular weight is 761 g/mol.